The Morgan fingerprint density at radius 3 is 2.81 bits per heavy atom. The third-order valence-corrected chi connectivity index (χ3v) is 2.99. The molecule has 3 atom stereocenters. The summed E-state index contributed by atoms with van der Waals surface area (Å²) in [4.78, 5) is 13.6. The molecule has 1 saturated heterocycles. The van der Waals surface area contributed by atoms with Gasteiger partial charge in [0.1, 0.15) is 6.04 Å². The van der Waals surface area contributed by atoms with E-state index in [2.05, 4.69) is 24.0 Å². The minimum absolute atomic E-state index is 0.0323. The monoisotopic (exact) mass is 219 g/mol. The predicted octanol–water partition coefficient (Wildman–Crippen LogP) is 1.99. The van der Waals surface area contributed by atoms with Gasteiger partial charge in [0.2, 0.25) is 0 Å². The first-order valence-electron chi connectivity index (χ1n) is 5.71. The number of benzene rings is 1. The van der Waals surface area contributed by atoms with Crippen molar-refractivity contribution in [1.29, 1.82) is 0 Å². The van der Waals surface area contributed by atoms with Crippen molar-refractivity contribution in [2.45, 2.75) is 25.9 Å². The van der Waals surface area contributed by atoms with Crippen LogP contribution in [0.5, 0.6) is 0 Å². The second-order valence-electron chi connectivity index (χ2n) is 4.05. The van der Waals surface area contributed by atoms with E-state index in [1.807, 2.05) is 25.1 Å². The second-order valence-corrected chi connectivity index (χ2v) is 4.05. The number of rotatable bonds is 4. The fourth-order valence-corrected chi connectivity index (χ4v) is 1.95. The van der Waals surface area contributed by atoms with Crippen LogP contribution in [-0.2, 0) is 9.53 Å². The maximum atomic E-state index is 11.5. The minimum Gasteiger partial charge on any atom is -0.465 e. The molecule has 16 heavy (non-hydrogen) atoms. The lowest BCUT2D eigenvalue weighted by atomic mass is 10.1. The van der Waals surface area contributed by atoms with Gasteiger partial charge in [0.05, 0.1) is 6.61 Å². The topological polar surface area (TPSA) is 29.3 Å². The van der Waals surface area contributed by atoms with E-state index >= 15 is 0 Å². The Labute approximate surface area is 96.0 Å². The molecule has 0 aliphatic carbocycles. The van der Waals surface area contributed by atoms with Crippen LogP contribution in [0.25, 0.3) is 0 Å². The van der Waals surface area contributed by atoms with E-state index in [-0.39, 0.29) is 18.1 Å². The van der Waals surface area contributed by atoms with Gasteiger partial charge in [-0.3, -0.25) is 9.69 Å². The third kappa shape index (κ3) is 2.25. The van der Waals surface area contributed by atoms with Crippen LogP contribution in [0.1, 0.15) is 25.5 Å². The Morgan fingerprint density at radius 2 is 2.19 bits per heavy atom. The first-order valence-corrected chi connectivity index (χ1v) is 5.71. The molecule has 2 rings (SSSR count). The van der Waals surface area contributed by atoms with Gasteiger partial charge >= 0.3 is 5.97 Å². The van der Waals surface area contributed by atoms with Crippen molar-refractivity contribution < 1.29 is 9.53 Å². The van der Waals surface area contributed by atoms with Gasteiger partial charge in [-0.2, -0.15) is 0 Å². The highest BCUT2D eigenvalue weighted by Crippen LogP contribution is 2.32. The molecular formula is C13H17NO2. The number of carbonyl (C=O) groups is 1. The van der Waals surface area contributed by atoms with Gasteiger partial charge in [-0.05, 0) is 19.4 Å². The molecule has 1 aromatic rings. The number of hydrogen-bond acceptors (Lipinski definition) is 3. The smallest absolute Gasteiger partial charge is 0.324 e. The molecule has 0 N–H and O–H groups in total. The molecule has 3 heteroatoms. The van der Waals surface area contributed by atoms with Gasteiger partial charge < -0.3 is 4.74 Å². The lowest BCUT2D eigenvalue weighted by Crippen LogP contribution is -2.18. The average molecular weight is 219 g/mol. The van der Waals surface area contributed by atoms with Crippen LogP contribution in [-0.4, -0.2) is 30.1 Å². The highest BCUT2D eigenvalue weighted by atomic mass is 16.5. The van der Waals surface area contributed by atoms with Crippen molar-refractivity contribution in [3.8, 4) is 0 Å². The van der Waals surface area contributed by atoms with E-state index in [0.717, 1.165) is 6.54 Å². The van der Waals surface area contributed by atoms with Crippen molar-refractivity contribution in [2.24, 2.45) is 0 Å². The van der Waals surface area contributed by atoms with Crippen LogP contribution in [0.4, 0.5) is 0 Å². The standard InChI is InChI=1S/C13H17NO2/c1-3-16-13(15)12-9-14(12)10(2)11-7-5-4-6-8-11/h4-8,10,12H,3,9H2,1-2H3/t10?,12-,14?/m0/s1. The van der Waals surface area contributed by atoms with Crippen LogP contribution < -0.4 is 0 Å². The summed E-state index contributed by atoms with van der Waals surface area (Å²) in [5.74, 6) is -0.0923. The Kier molecular flexibility index (Phi) is 3.25. The predicted molar refractivity (Wildman–Crippen MR) is 62.0 cm³/mol. The van der Waals surface area contributed by atoms with E-state index in [4.69, 9.17) is 4.74 Å². The highest BCUT2D eigenvalue weighted by molar-refractivity contribution is 5.79. The van der Waals surface area contributed by atoms with E-state index in [1.165, 1.54) is 5.56 Å². The van der Waals surface area contributed by atoms with Gasteiger partial charge in [0.15, 0.2) is 0 Å². The zero-order valence-electron chi connectivity index (χ0n) is 9.72. The number of carbonyl (C=O) groups excluding carboxylic acids is 1. The number of esters is 1. The lowest BCUT2D eigenvalue weighted by molar-refractivity contribution is -0.143. The maximum Gasteiger partial charge on any atom is 0.324 e. The number of nitrogens with zero attached hydrogens (tertiary/aromatic N) is 1. The Bertz CT molecular complexity index is 363. The normalized spacial score (nSPS) is 24.9. The van der Waals surface area contributed by atoms with Crippen LogP contribution in [0.15, 0.2) is 30.3 Å². The molecule has 0 spiro atoms. The molecule has 1 aromatic carbocycles. The molecule has 3 nitrogen and oxygen atoms in total. The number of ether oxygens (including phenoxy) is 1. The minimum atomic E-state index is -0.0923. The Morgan fingerprint density at radius 1 is 1.50 bits per heavy atom. The summed E-state index contributed by atoms with van der Waals surface area (Å²) in [6.45, 7) is 5.23. The molecular weight excluding hydrogens is 202 g/mol. The fraction of sp³-hybridized carbons (Fsp3) is 0.462. The van der Waals surface area contributed by atoms with E-state index in [0.29, 0.717) is 6.61 Å². The van der Waals surface area contributed by atoms with Crippen molar-refractivity contribution >= 4 is 5.97 Å². The first-order chi connectivity index (χ1) is 7.74. The fourth-order valence-electron chi connectivity index (χ4n) is 1.95. The van der Waals surface area contributed by atoms with Crippen molar-refractivity contribution in [2.75, 3.05) is 13.2 Å². The third-order valence-electron chi connectivity index (χ3n) is 2.99. The Hall–Kier alpha value is -1.35. The lowest BCUT2D eigenvalue weighted by Gasteiger charge is -2.13. The molecule has 86 valence electrons. The summed E-state index contributed by atoms with van der Waals surface area (Å²) in [7, 11) is 0. The first kappa shape index (κ1) is 11.1. The van der Waals surface area contributed by atoms with Crippen LogP contribution in [0.3, 0.4) is 0 Å². The molecule has 1 aliphatic heterocycles. The molecule has 0 bridgehead atoms. The summed E-state index contributed by atoms with van der Waals surface area (Å²) in [5.41, 5.74) is 1.24. The zero-order valence-corrected chi connectivity index (χ0v) is 9.72. The van der Waals surface area contributed by atoms with Crippen molar-refractivity contribution in [3.05, 3.63) is 35.9 Å². The summed E-state index contributed by atoms with van der Waals surface area (Å²) < 4.78 is 5.00. The van der Waals surface area contributed by atoms with Crippen LogP contribution in [0, 0.1) is 0 Å². The quantitative estimate of drug-likeness (QED) is 0.573. The van der Waals surface area contributed by atoms with Gasteiger partial charge in [0, 0.05) is 12.6 Å². The molecule has 0 radical (unpaired) electrons. The maximum absolute atomic E-state index is 11.5. The molecule has 0 aromatic heterocycles. The summed E-state index contributed by atoms with van der Waals surface area (Å²) in [5, 5.41) is 0. The molecule has 0 amide bonds. The molecule has 1 fully saturated rings. The molecule has 2 unspecified atom stereocenters. The molecule has 0 saturated carbocycles. The summed E-state index contributed by atoms with van der Waals surface area (Å²) in [6.07, 6.45) is 0. The van der Waals surface area contributed by atoms with Gasteiger partial charge in [-0.25, -0.2) is 0 Å². The van der Waals surface area contributed by atoms with Gasteiger partial charge in [-0.15, -0.1) is 0 Å². The Balaban J connectivity index is 1.94. The van der Waals surface area contributed by atoms with E-state index in [1.54, 1.807) is 0 Å². The second kappa shape index (κ2) is 4.66. The van der Waals surface area contributed by atoms with Gasteiger partial charge in [-0.1, -0.05) is 30.3 Å². The van der Waals surface area contributed by atoms with Gasteiger partial charge in [0.25, 0.3) is 0 Å². The average Bonchev–Trinajstić information content (AvgIpc) is 3.09. The van der Waals surface area contributed by atoms with E-state index in [9.17, 15) is 4.79 Å². The zero-order chi connectivity index (χ0) is 11.5. The van der Waals surface area contributed by atoms with Crippen LogP contribution in [0.2, 0.25) is 0 Å². The largest absolute Gasteiger partial charge is 0.465 e. The van der Waals surface area contributed by atoms with E-state index < -0.39 is 0 Å². The summed E-state index contributed by atoms with van der Waals surface area (Å²) >= 11 is 0. The van der Waals surface area contributed by atoms with Crippen molar-refractivity contribution in [1.82, 2.24) is 4.90 Å². The van der Waals surface area contributed by atoms with Crippen molar-refractivity contribution in [3.63, 3.8) is 0 Å². The highest BCUT2D eigenvalue weighted by Gasteiger charge is 2.44. The SMILES string of the molecule is CCOC(=O)[C@@H]1CN1C(C)c1ccccc1. The number of hydrogen-bond donors (Lipinski definition) is 0. The molecule has 1 aliphatic rings. The van der Waals surface area contributed by atoms with Crippen LogP contribution >= 0.6 is 0 Å². The molecule has 1 heterocycles. The summed E-state index contributed by atoms with van der Waals surface area (Å²) in [6, 6.07) is 10.5.